The Bertz CT molecular complexity index is 416. The predicted octanol–water partition coefficient (Wildman–Crippen LogP) is 0.308. The Kier molecular flexibility index (Phi) is 5.16. The topological polar surface area (TPSA) is 87.5 Å². The van der Waals surface area contributed by atoms with Crippen LogP contribution < -0.4 is 5.32 Å². The number of amides is 2. The first-order chi connectivity index (χ1) is 8.49. The van der Waals surface area contributed by atoms with Gasteiger partial charge in [0.2, 0.25) is 0 Å². The van der Waals surface area contributed by atoms with E-state index in [1.54, 1.807) is 17.9 Å². The summed E-state index contributed by atoms with van der Waals surface area (Å²) in [5, 5.41) is 15.3. The lowest BCUT2D eigenvalue weighted by atomic mass is 10.4. The molecule has 0 fully saturated rings. The van der Waals surface area contributed by atoms with E-state index in [2.05, 4.69) is 10.4 Å². The van der Waals surface area contributed by atoms with Crippen molar-refractivity contribution in [3.05, 3.63) is 18.0 Å². The quantitative estimate of drug-likeness (QED) is 0.764. The number of rotatable bonds is 6. The second-order valence-electron chi connectivity index (χ2n) is 4.08. The lowest BCUT2D eigenvalue weighted by molar-refractivity contribution is -0.137. The molecule has 2 N–H and O–H groups in total. The minimum Gasteiger partial charge on any atom is -0.481 e. The molecule has 0 saturated heterocycles. The summed E-state index contributed by atoms with van der Waals surface area (Å²) in [6, 6.07) is -0.278. The Balaban J connectivity index is 2.22. The van der Waals surface area contributed by atoms with Crippen LogP contribution >= 0.6 is 0 Å². The van der Waals surface area contributed by atoms with E-state index in [1.807, 2.05) is 13.1 Å². The van der Waals surface area contributed by atoms with Crippen LogP contribution in [-0.2, 0) is 11.3 Å². The fraction of sp³-hybridized carbons (Fsp3) is 0.545. The minimum atomic E-state index is -0.915. The lowest BCUT2D eigenvalue weighted by Gasteiger charge is -2.16. The van der Waals surface area contributed by atoms with Crippen molar-refractivity contribution in [1.29, 1.82) is 0 Å². The zero-order valence-corrected chi connectivity index (χ0v) is 10.6. The molecule has 0 aliphatic heterocycles. The van der Waals surface area contributed by atoms with E-state index in [4.69, 9.17) is 5.11 Å². The van der Waals surface area contributed by atoms with Gasteiger partial charge in [0, 0.05) is 26.3 Å². The molecular weight excluding hydrogens is 236 g/mol. The number of carboxylic acid groups (broad SMARTS) is 1. The number of urea groups is 1. The molecule has 100 valence electrons. The van der Waals surface area contributed by atoms with Gasteiger partial charge in [-0.3, -0.25) is 9.48 Å². The smallest absolute Gasteiger partial charge is 0.317 e. The summed E-state index contributed by atoms with van der Waals surface area (Å²) in [5.41, 5.74) is 1.07. The fourth-order valence-electron chi connectivity index (χ4n) is 1.37. The maximum absolute atomic E-state index is 11.5. The van der Waals surface area contributed by atoms with Crippen LogP contribution in [0.15, 0.2) is 12.4 Å². The van der Waals surface area contributed by atoms with Gasteiger partial charge in [-0.25, -0.2) is 4.79 Å². The number of aliphatic carboxylic acids is 1. The van der Waals surface area contributed by atoms with Crippen molar-refractivity contribution < 1.29 is 14.7 Å². The molecule has 0 saturated carbocycles. The molecule has 1 rings (SSSR count). The van der Waals surface area contributed by atoms with Crippen molar-refractivity contribution in [2.45, 2.75) is 19.9 Å². The molecule has 0 radical (unpaired) electrons. The molecule has 2 amide bonds. The standard InChI is InChI=1S/C11H18N4O3/c1-9-7-13-15(8-9)6-4-12-11(18)14(2)5-3-10(16)17/h7-8H,3-6H2,1-2H3,(H,12,18)(H,16,17). The number of carboxylic acids is 1. The van der Waals surface area contributed by atoms with Crippen LogP contribution in [0.3, 0.4) is 0 Å². The van der Waals surface area contributed by atoms with Gasteiger partial charge in [0.25, 0.3) is 0 Å². The second-order valence-corrected chi connectivity index (χ2v) is 4.08. The van der Waals surface area contributed by atoms with E-state index in [9.17, 15) is 9.59 Å². The van der Waals surface area contributed by atoms with Gasteiger partial charge in [-0.05, 0) is 12.5 Å². The third-order valence-electron chi connectivity index (χ3n) is 2.39. The zero-order valence-electron chi connectivity index (χ0n) is 10.6. The Hall–Kier alpha value is -2.05. The summed E-state index contributed by atoms with van der Waals surface area (Å²) in [6.45, 7) is 3.19. The Morgan fingerprint density at radius 2 is 2.28 bits per heavy atom. The minimum absolute atomic E-state index is 0.0533. The predicted molar refractivity (Wildman–Crippen MR) is 65.2 cm³/mol. The number of carbonyl (C=O) groups is 2. The first-order valence-corrected chi connectivity index (χ1v) is 5.69. The molecule has 0 aliphatic carbocycles. The molecule has 7 heteroatoms. The number of hydrogen-bond acceptors (Lipinski definition) is 3. The van der Waals surface area contributed by atoms with Crippen LogP contribution in [0.25, 0.3) is 0 Å². The molecule has 0 bridgehead atoms. The van der Waals surface area contributed by atoms with Gasteiger partial charge < -0.3 is 15.3 Å². The number of hydrogen-bond donors (Lipinski definition) is 2. The van der Waals surface area contributed by atoms with E-state index in [-0.39, 0.29) is 19.0 Å². The largest absolute Gasteiger partial charge is 0.481 e. The molecule has 1 aromatic rings. The molecule has 1 aromatic heterocycles. The summed E-state index contributed by atoms with van der Waals surface area (Å²) < 4.78 is 1.74. The number of carbonyl (C=O) groups excluding carboxylic acids is 1. The molecule has 1 heterocycles. The maximum atomic E-state index is 11.5. The van der Waals surface area contributed by atoms with Gasteiger partial charge in [0.05, 0.1) is 19.2 Å². The van der Waals surface area contributed by atoms with Crippen molar-refractivity contribution in [3.63, 3.8) is 0 Å². The normalized spacial score (nSPS) is 10.1. The number of nitrogens with zero attached hydrogens (tertiary/aromatic N) is 3. The molecule has 18 heavy (non-hydrogen) atoms. The van der Waals surface area contributed by atoms with Crippen LogP contribution in [0.2, 0.25) is 0 Å². The van der Waals surface area contributed by atoms with E-state index >= 15 is 0 Å². The van der Waals surface area contributed by atoms with E-state index < -0.39 is 5.97 Å². The van der Waals surface area contributed by atoms with Gasteiger partial charge in [0.1, 0.15) is 0 Å². The van der Waals surface area contributed by atoms with E-state index in [1.165, 1.54) is 4.90 Å². The van der Waals surface area contributed by atoms with E-state index in [0.29, 0.717) is 13.1 Å². The van der Waals surface area contributed by atoms with Crippen LogP contribution in [0.5, 0.6) is 0 Å². The van der Waals surface area contributed by atoms with Crippen LogP contribution in [0.4, 0.5) is 4.79 Å². The molecule has 0 unspecified atom stereocenters. The molecule has 0 spiro atoms. The summed E-state index contributed by atoms with van der Waals surface area (Å²) >= 11 is 0. The van der Waals surface area contributed by atoms with E-state index in [0.717, 1.165) is 5.56 Å². The van der Waals surface area contributed by atoms with Gasteiger partial charge in [0.15, 0.2) is 0 Å². The van der Waals surface area contributed by atoms with Crippen molar-refractivity contribution in [3.8, 4) is 0 Å². The monoisotopic (exact) mass is 254 g/mol. The lowest BCUT2D eigenvalue weighted by Crippen LogP contribution is -2.39. The highest BCUT2D eigenvalue weighted by Gasteiger charge is 2.09. The number of aryl methyl sites for hydroxylation is 1. The average Bonchev–Trinajstić information content (AvgIpc) is 2.71. The third-order valence-corrected chi connectivity index (χ3v) is 2.39. The average molecular weight is 254 g/mol. The highest BCUT2D eigenvalue weighted by molar-refractivity contribution is 5.74. The third kappa shape index (κ3) is 4.86. The van der Waals surface area contributed by atoms with Gasteiger partial charge in [-0.15, -0.1) is 0 Å². The molecule has 0 aromatic carbocycles. The molecule has 7 nitrogen and oxygen atoms in total. The Morgan fingerprint density at radius 1 is 1.56 bits per heavy atom. The van der Waals surface area contributed by atoms with Crippen molar-refractivity contribution in [1.82, 2.24) is 20.0 Å². The highest BCUT2D eigenvalue weighted by atomic mass is 16.4. The summed E-state index contributed by atoms with van der Waals surface area (Å²) in [4.78, 5) is 23.3. The van der Waals surface area contributed by atoms with Crippen LogP contribution in [0, 0.1) is 6.92 Å². The van der Waals surface area contributed by atoms with Gasteiger partial charge >= 0.3 is 12.0 Å². The first kappa shape index (κ1) is 14.0. The maximum Gasteiger partial charge on any atom is 0.317 e. The van der Waals surface area contributed by atoms with Crippen LogP contribution in [0.1, 0.15) is 12.0 Å². The summed E-state index contributed by atoms with van der Waals surface area (Å²) in [7, 11) is 1.57. The number of nitrogens with one attached hydrogen (secondary N) is 1. The molecule has 0 aliphatic rings. The first-order valence-electron chi connectivity index (χ1n) is 5.69. The SMILES string of the molecule is Cc1cnn(CCNC(=O)N(C)CCC(=O)O)c1. The van der Waals surface area contributed by atoms with Gasteiger partial charge in [-0.2, -0.15) is 5.10 Å². The Morgan fingerprint density at radius 3 is 2.83 bits per heavy atom. The summed E-state index contributed by atoms with van der Waals surface area (Å²) in [6.07, 6.45) is 3.59. The highest BCUT2D eigenvalue weighted by Crippen LogP contribution is 1.93. The Labute approximate surface area is 105 Å². The fourth-order valence-corrected chi connectivity index (χ4v) is 1.37. The van der Waals surface area contributed by atoms with Gasteiger partial charge in [-0.1, -0.05) is 0 Å². The summed E-state index contributed by atoms with van der Waals surface area (Å²) in [5.74, 6) is -0.915. The van der Waals surface area contributed by atoms with Crippen molar-refractivity contribution in [2.24, 2.45) is 0 Å². The second kappa shape index (κ2) is 6.63. The van der Waals surface area contributed by atoms with Crippen molar-refractivity contribution in [2.75, 3.05) is 20.1 Å². The van der Waals surface area contributed by atoms with Crippen molar-refractivity contribution >= 4 is 12.0 Å². The number of aromatic nitrogens is 2. The van der Waals surface area contributed by atoms with Crippen LogP contribution in [-0.4, -0.2) is 51.9 Å². The molecule has 0 atom stereocenters. The molecular formula is C11H18N4O3. The zero-order chi connectivity index (χ0) is 13.5.